The van der Waals surface area contributed by atoms with Crippen LogP contribution in [0.2, 0.25) is 0 Å². The van der Waals surface area contributed by atoms with Gasteiger partial charge in [-0.05, 0) is 75.5 Å². The molecule has 1 saturated carbocycles. The summed E-state index contributed by atoms with van der Waals surface area (Å²) in [5, 5.41) is 0. The highest BCUT2D eigenvalue weighted by molar-refractivity contribution is 6.18. The number of halogens is 2. The van der Waals surface area contributed by atoms with Crippen LogP contribution in [0.3, 0.4) is 0 Å². The van der Waals surface area contributed by atoms with Gasteiger partial charge in [-0.2, -0.15) is 0 Å². The van der Waals surface area contributed by atoms with Gasteiger partial charge in [-0.1, -0.05) is 19.1 Å². The van der Waals surface area contributed by atoms with E-state index in [1.807, 2.05) is 13.8 Å². The van der Waals surface area contributed by atoms with Crippen LogP contribution < -0.4 is 4.90 Å². The van der Waals surface area contributed by atoms with E-state index in [0.29, 0.717) is 24.1 Å². The van der Waals surface area contributed by atoms with Crippen LogP contribution in [-0.4, -0.2) is 60.7 Å². The van der Waals surface area contributed by atoms with E-state index in [0.717, 1.165) is 57.3 Å². The molecule has 4 aliphatic heterocycles. The Morgan fingerprint density at radius 1 is 1.05 bits per heavy atom. The maximum absolute atomic E-state index is 12.7. The monoisotopic (exact) mass is 569 g/mol. The number of hydrogen-bond donors (Lipinski definition) is 0. The van der Waals surface area contributed by atoms with Crippen molar-refractivity contribution < 1.29 is 28.8 Å². The summed E-state index contributed by atoms with van der Waals surface area (Å²) in [7, 11) is 0. The van der Waals surface area contributed by atoms with Crippen LogP contribution in [0.25, 0.3) is 0 Å². The Kier molecular flexibility index (Phi) is 8.55. The average Bonchev–Trinajstić information content (AvgIpc) is 2.97. The van der Waals surface area contributed by atoms with Gasteiger partial charge in [-0.3, -0.25) is 4.79 Å². The van der Waals surface area contributed by atoms with E-state index in [1.165, 1.54) is 5.56 Å². The normalized spacial score (nSPS) is 37.5. The van der Waals surface area contributed by atoms with Crippen LogP contribution in [0.5, 0.6) is 0 Å². The van der Waals surface area contributed by atoms with Crippen molar-refractivity contribution in [3.8, 4) is 0 Å². The van der Waals surface area contributed by atoms with Crippen LogP contribution >= 0.6 is 23.2 Å². The molecule has 1 aliphatic carbocycles. The summed E-state index contributed by atoms with van der Waals surface area (Å²) < 4.78 is 18.7. The first-order valence-corrected chi connectivity index (χ1v) is 15.1. The van der Waals surface area contributed by atoms with E-state index >= 15 is 0 Å². The SMILES string of the molecule is C[C@@H]1CC[C@@H]2[C@]34OO[C@](C)(CC[C@@H]13)O[C@H]4O[C@]2(C)COC(=O)CCCc1ccc(N(CCCl)CCCl)cc1. The Hall–Kier alpha value is -1.09. The zero-order valence-corrected chi connectivity index (χ0v) is 24.3. The van der Waals surface area contributed by atoms with Crippen LogP contribution in [0.1, 0.15) is 64.9 Å². The molecule has 9 heteroatoms. The minimum atomic E-state index is -0.801. The van der Waals surface area contributed by atoms with Crippen molar-refractivity contribution in [3.63, 3.8) is 0 Å². The fourth-order valence-electron chi connectivity index (χ4n) is 7.12. The van der Waals surface area contributed by atoms with Crippen molar-refractivity contribution in [1.82, 2.24) is 0 Å². The second kappa shape index (κ2) is 11.4. The van der Waals surface area contributed by atoms with E-state index in [-0.39, 0.29) is 24.4 Å². The number of anilines is 1. The average molecular weight is 571 g/mol. The Labute approximate surface area is 236 Å². The predicted molar refractivity (Wildman–Crippen MR) is 146 cm³/mol. The molecule has 0 aromatic heterocycles. The lowest BCUT2D eigenvalue weighted by Gasteiger charge is -2.50. The van der Waals surface area contributed by atoms with E-state index in [4.69, 9.17) is 47.2 Å². The first-order chi connectivity index (χ1) is 18.2. The Bertz CT molecular complexity index is 974. The molecule has 0 radical (unpaired) electrons. The highest BCUT2D eigenvalue weighted by Gasteiger charge is 2.74. The molecular formula is C29H41Cl2NO6. The molecule has 0 amide bonds. The molecular weight excluding hydrogens is 529 g/mol. The summed E-state index contributed by atoms with van der Waals surface area (Å²) in [6.45, 7) is 7.94. The highest BCUT2D eigenvalue weighted by Crippen LogP contribution is 2.63. The number of nitrogens with zero attached hydrogens (tertiary/aromatic N) is 1. The van der Waals surface area contributed by atoms with Crippen molar-refractivity contribution in [2.45, 2.75) is 89.0 Å². The fraction of sp³-hybridized carbons (Fsp3) is 0.759. The molecule has 0 N–H and O–H groups in total. The maximum atomic E-state index is 12.7. The summed E-state index contributed by atoms with van der Waals surface area (Å²) in [5.41, 5.74) is 0.961. The van der Waals surface area contributed by atoms with Gasteiger partial charge in [-0.25, -0.2) is 9.78 Å². The molecule has 4 heterocycles. The standard InChI is InChI=1S/C29H41Cl2NO6/c1-20-7-12-24-27(2,35-26-29(24)23(20)13-14-28(3,36-26)37-38-29)19-34-25(33)6-4-5-21-8-10-22(11-9-21)32(17-15-30)18-16-31/h8-11,20,23-24,26H,4-7,12-19H2,1-3H3/t20-,23+,24+,26-,27-,28-,29-/m1/s1. The zero-order valence-electron chi connectivity index (χ0n) is 22.8. The quantitative estimate of drug-likeness (QED) is 0.188. The molecule has 2 bridgehead atoms. The summed E-state index contributed by atoms with van der Waals surface area (Å²) in [6, 6.07) is 8.38. The lowest BCUT2D eigenvalue weighted by Crippen LogP contribution is -2.62. The van der Waals surface area contributed by atoms with Crippen molar-refractivity contribution >= 4 is 34.9 Å². The number of carbonyl (C=O) groups excluding carboxylic acids is 1. The van der Waals surface area contributed by atoms with E-state index in [9.17, 15) is 4.79 Å². The lowest BCUT2D eigenvalue weighted by atomic mass is 9.60. The number of fused-ring (bicyclic) bond motifs is 2. The fourth-order valence-corrected chi connectivity index (χ4v) is 7.53. The van der Waals surface area contributed by atoms with E-state index in [1.54, 1.807) is 0 Å². The van der Waals surface area contributed by atoms with Crippen LogP contribution in [0, 0.1) is 17.8 Å². The third-order valence-corrected chi connectivity index (χ3v) is 9.55. The summed E-state index contributed by atoms with van der Waals surface area (Å²) >= 11 is 11.8. The molecule has 0 unspecified atom stereocenters. The number of benzene rings is 1. The second-order valence-corrected chi connectivity index (χ2v) is 12.6. The van der Waals surface area contributed by atoms with Gasteiger partial charge < -0.3 is 19.1 Å². The molecule has 38 heavy (non-hydrogen) atoms. The smallest absolute Gasteiger partial charge is 0.305 e. The molecule has 7 nitrogen and oxygen atoms in total. The Balaban J connectivity index is 1.14. The van der Waals surface area contributed by atoms with Gasteiger partial charge in [0.2, 0.25) is 5.79 Å². The highest BCUT2D eigenvalue weighted by atomic mass is 35.5. The molecule has 1 aromatic rings. The third-order valence-electron chi connectivity index (χ3n) is 9.21. The van der Waals surface area contributed by atoms with Crippen molar-refractivity contribution in [1.29, 1.82) is 0 Å². The topological polar surface area (TPSA) is 66.5 Å². The lowest BCUT2D eigenvalue weighted by molar-refractivity contribution is -0.541. The van der Waals surface area contributed by atoms with Crippen LogP contribution in [0.15, 0.2) is 24.3 Å². The Morgan fingerprint density at radius 2 is 1.79 bits per heavy atom. The molecule has 5 fully saturated rings. The van der Waals surface area contributed by atoms with Gasteiger partial charge in [0.25, 0.3) is 0 Å². The Morgan fingerprint density at radius 3 is 2.50 bits per heavy atom. The number of aryl methyl sites for hydroxylation is 1. The number of ether oxygens (including phenoxy) is 3. The van der Waals surface area contributed by atoms with E-state index < -0.39 is 23.3 Å². The van der Waals surface area contributed by atoms with Crippen molar-refractivity contribution in [2.75, 3.05) is 36.4 Å². The van der Waals surface area contributed by atoms with Crippen molar-refractivity contribution in [3.05, 3.63) is 29.8 Å². The van der Waals surface area contributed by atoms with Gasteiger partial charge >= 0.3 is 5.97 Å². The second-order valence-electron chi connectivity index (χ2n) is 11.8. The minimum Gasteiger partial charge on any atom is -0.463 e. The van der Waals surface area contributed by atoms with Gasteiger partial charge in [0.1, 0.15) is 12.2 Å². The number of esters is 1. The number of hydrogen-bond acceptors (Lipinski definition) is 7. The zero-order chi connectivity index (χ0) is 27.0. The minimum absolute atomic E-state index is 0.0346. The number of rotatable bonds is 11. The van der Waals surface area contributed by atoms with Gasteiger partial charge in [-0.15, -0.1) is 23.2 Å². The predicted octanol–water partition coefficient (Wildman–Crippen LogP) is 5.84. The van der Waals surface area contributed by atoms with Crippen molar-refractivity contribution in [2.24, 2.45) is 17.8 Å². The summed E-state index contributed by atoms with van der Waals surface area (Å²) in [4.78, 5) is 26.9. The molecule has 4 saturated heterocycles. The summed E-state index contributed by atoms with van der Waals surface area (Å²) in [6.07, 6.45) is 5.13. The molecule has 6 rings (SSSR count). The third kappa shape index (κ3) is 5.31. The van der Waals surface area contributed by atoms with E-state index in [2.05, 4.69) is 36.1 Å². The van der Waals surface area contributed by atoms with Gasteiger partial charge in [0.05, 0.1) is 0 Å². The molecule has 212 valence electrons. The van der Waals surface area contributed by atoms with Gasteiger partial charge in [0, 0.05) is 49.3 Å². The first-order valence-electron chi connectivity index (χ1n) is 14.1. The molecule has 1 spiro atoms. The molecule has 1 aromatic carbocycles. The number of alkyl halides is 2. The van der Waals surface area contributed by atoms with Crippen LogP contribution in [0.4, 0.5) is 5.69 Å². The van der Waals surface area contributed by atoms with Gasteiger partial charge in [0.15, 0.2) is 11.9 Å². The largest absolute Gasteiger partial charge is 0.463 e. The number of carbonyl (C=O) groups is 1. The summed E-state index contributed by atoms with van der Waals surface area (Å²) in [5.74, 6) is 0.919. The molecule has 7 atom stereocenters. The maximum Gasteiger partial charge on any atom is 0.305 e. The first kappa shape index (κ1) is 28.4. The molecule has 5 aliphatic rings. The van der Waals surface area contributed by atoms with Crippen LogP contribution in [-0.2, 0) is 35.2 Å².